The highest BCUT2D eigenvalue weighted by molar-refractivity contribution is 6.10. The highest BCUT2D eigenvalue weighted by Gasteiger charge is 2.17. The molecule has 0 unspecified atom stereocenters. The van der Waals surface area contributed by atoms with Gasteiger partial charge in [0.1, 0.15) is 11.2 Å². The zero-order valence-corrected chi connectivity index (χ0v) is 34.4. The van der Waals surface area contributed by atoms with Crippen molar-refractivity contribution in [1.29, 1.82) is 0 Å². The predicted octanol–water partition coefficient (Wildman–Crippen LogP) is 16.8. The summed E-state index contributed by atoms with van der Waals surface area (Å²) < 4.78 is 8.51. The standard InChI is InChI=1S/C60H40N2O/c1-3-11-41(12-4-1)43-19-29-49(30-20-43)61(51-33-25-46(26-34-51)48-28-38-60-56(40-48)54-16-8-10-18-59(54)63-60)50-31-23-45(24-32-50)47-27-37-58-55(39-47)53-15-7-9-17-57(53)62(58)52-35-21-44(22-36-52)42-13-5-2-6-14-42/h1-40H. The first kappa shape index (κ1) is 36.5. The Morgan fingerprint density at radius 3 is 1.25 bits per heavy atom. The number of furan rings is 1. The smallest absolute Gasteiger partial charge is 0.135 e. The second kappa shape index (κ2) is 15.3. The average molecular weight is 805 g/mol. The third kappa shape index (κ3) is 6.55. The Bertz CT molecular complexity index is 3570. The quantitative estimate of drug-likeness (QED) is 0.153. The van der Waals surface area contributed by atoms with Gasteiger partial charge in [0, 0.05) is 44.3 Å². The summed E-state index contributed by atoms with van der Waals surface area (Å²) >= 11 is 0. The van der Waals surface area contributed by atoms with E-state index in [4.69, 9.17) is 4.42 Å². The maximum Gasteiger partial charge on any atom is 0.135 e. The number of benzene rings is 10. The van der Waals surface area contributed by atoms with Crippen molar-refractivity contribution in [1.82, 2.24) is 4.57 Å². The molecule has 0 atom stereocenters. The summed E-state index contributed by atoms with van der Waals surface area (Å²) in [5, 5.41) is 4.74. The average Bonchev–Trinajstić information content (AvgIpc) is 3.90. The number of fused-ring (bicyclic) bond motifs is 6. The second-order valence-corrected chi connectivity index (χ2v) is 16.1. The normalized spacial score (nSPS) is 11.5. The van der Waals surface area contributed by atoms with Crippen LogP contribution in [0.15, 0.2) is 247 Å². The van der Waals surface area contributed by atoms with Crippen molar-refractivity contribution in [2.45, 2.75) is 0 Å². The van der Waals surface area contributed by atoms with Crippen LogP contribution in [0.1, 0.15) is 0 Å². The molecule has 0 saturated heterocycles. The molecule has 0 spiro atoms. The maximum atomic E-state index is 6.13. The van der Waals surface area contributed by atoms with Gasteiger partial charge in [0.25, 0.3) is 0 Å². The lowest BCUT2D eigenvalue weighted by molar-refractivity contribution is 0.669. The lowest BCUT2D eigenvalue weighted by Gasteiger charge is -2.26. The molecule has 0 bridgehead atoms. The largest absolute Gasteiger partial charge is 0.456 e. The molecule has 12 aromatic rings. The third-order valence-electron chi connectivity index (χ3n) is 12.4. The molecule has 0 aliphatic carbocycles. The lowest BCUT2D eigenvalue weighted by atomic mass is 10.0. The van der Waals surface area contributed by atoms with Gasteiger partial charge in [-0.05, 0) is 129 Å². The van der Waals surface area contributed by atoms with Gasteiger partial charge in [-0.3, -0.25) is 0 Å². The summed E-state index contributed by atoms with van der Waals surface area (Å²) in [5.41, 5.74) is 18.1. The zero-order chi connectivity index (χ0) is 41.7. The number of rotatable bonds is 8. The minimum absolute atomic E-state index is 0.904. The molecule has 0 amide bonds. The third-order valence-corrected chi connectivity index (χ3v) is 12.4. The summed E-state index contributed by atoms with van der Waals surface area (Å²) in [5.74, 6) is 0. The molecule has 10 aromatic carbocycles. The van der Waals surface area contributed by atoms with E-state index in [1.54, 1.807) is 0 Å². The van der Waals surface area contributed by atoms with Crippen molar-refractivity contribution in [3.63, 3.8) is 0 Å². The van der Waals surface area contributed by atoms with Crippen molar-refractivity contribution in [3.05, 3.63) is 243 Å². The molecular formula is C60H40N2O. The molecule has 0 aliphatic rings. The summed E-state index contributed by atoms with van der Waals surface area (Å²) in [6.45, 7) is 0. The Morgan fingerprint density at radius 2 is 0.667 bits per heavy atom. The van der Waals surface area contributed by atoms with E-state index >= 15 is 0 Å². The first-order chi connectivity index (χ1) is 31.2. The van der Waals surface area contributed by atoms with Crippen molar-refractivity contribution >= 4 is 60.8 Å². The Balaban J connectivity index is 0.899. The first-order valence-corrected chi connectivity index (χ1v) is 21.5. The lowest BCUT2D eigenvalue weighted by Crippen LogP contribution is -2.09. The first-order valence-electron chi connectivity index (χ1n) is 21.5. The van der Waals surface area contributed by atoms with Crippen LogP contribution < -0.4 is 4.90 Å². The van der Waals surface area contributed by atoms with Crippen molar-refractivity contribution < 1.29 is 4.42 Å². The van der Waals surface area contributed by atoms with Crippen LogP contribution >= 0.6 is 0 Å². The van der Waals surface area contributed by atoms with E-state index in [0.717, 1.165) is 55.8 Å². The van der Waals surface area contributed by atoms with E-state index in [9.17, 15) is 0 Å². The molecule has 3 nitrogen and oxygen atoms in total. The van der Waals surface area contributed by atoms with Crippen LogP contribution in [0, 0.1) is 0 Å². The highest BCUT2D eigenvalue weighted by atomic mass is 16.3. The van der Waals surface area contributed by atoms with E-state index in [1.165, 1.54) is 55.2 Å². The number of anilines is 3. The maximum absolute atomic E-state index is 6.13. The molecule has 0 radical (unpaired) electrons. The topological polar surface area (TPSA) is 21.3 Å². The van der Waals surface area contributed by atoms with Crippen molar-refractivity contribution in [2.75, 3.05) is 4.90 Å². The second-order valence-electron chi connectivity index (χ2n) is 16.1. The molecule has 0 fully saturated rings. The van der Waals surface area contributed by atoms with Crippen LogP contribution in [0.5, 0.6) is 0 Å². The van der Waals surface area contributed by atoms with Crippen LogP contribution in [-0.2, 0) is 0 Å². The van der Waals surface area contributed by atoms with Gasteiger partial charge in [-0.1, -0.05) is 158 Å². The van der Waals surface area contributed by atoms with E-state index in [2.05, 4.69) is 240 Å². The van der Waals surface area contributed by atoms with Crippen molar-refractivity contribution in [3.8, 4) is 50.2 Å². The molecule has 63 heavy (non-hydrogen) atoms. The van der Waals surface area contributed by atoms with Gasteiger partial charge in [0.2, 0.25) is 0 Å². The van der Waals surface area contributed by atoms with Gasteiger partial charge in [-0.15, -0.1) is 0 Å². The molecule has 3 heteroatoms. The summed E-state index contributed by atoms with van der Waals surface area (Å²) in [6.07, 6.45) is 0. The number of nitrogens with zero attached hydrogens (tertiary/aromatic N) is 2. The fourth-order valence-electron chi connectivity index (χ4n) is 9.26. The Morgan fingerprint density at radius 1 is 0.270 bits per heavy atom. The molecule has 0 aliphatic heterocycles. The van der Waals surface area contributed by atoms with Gasteiger partial charge in [-0.2, -0.15) is 0 Å². The molecule has 0 saturated carbocycles. The summed E-state index contributed by atoms with van der Waals surface area (Å²) in [7, 11) is 0. The molecule has 2 heterocycles. The molecule has 12 rings (SSSR count). The molecule has 0 N–H and O–H groups in total. The van der Waals surface area contributed by atoms with E-state index in [0.29, 0.717) is 0 Å². The van der Waals surface area contributed by atoms with Gasteiger partial charge < -0.3 is 13.9 Å². The number of hydrogen-bond donors (Lipinski definition) is 0. The molecule has 2 aromatic heterocycles. The van der Waals surface area contributed by atoms with Gasteiger partial charge in [0.05, 0.1) is 11.0 Å². The number of para-hydroxylation sites is 2. The molecule has 296 valence electrons. The van der Waals surface area contributed by atoms with E-state index < -0.39 is 0 Å². The van der Waals surface area contributed by atoms with Crippen LogP contribution in [-0.4, -0.2) is 4.57 Å². The van der Waals surface area contributed by atoms with Crippen LogP contribution in [0.3, 0.4) is 0 Å². The highest BCUT2D eigenvalue weighted by Crippen LogP contribution is 2.40. The van der Waals surface area contributed by atoms with E-state index in [-0.39, 0.29) is 0 Å². The van der Waals surface area contributed by atoms with Gasteiger partial charge in [0.15, 0.2) is 0 Å². The van der Waals surface area contributed by atoms with Gasteiger partial charge >= 0.3 is 0 Å². The minimum atomic E-state index is 0.904. The zero-order valence-electron chi connectivity index (χ0n) is 34.4. The van der Waals surface area contributed by atoms with Crippen LogP contribution in [0.4, 0.5) is 17.1 Å². The predicted molar refractivity (Wildman–Crippen MR) is 264 cm³/mol. The summed E-state index contributed by atoms with van der Waals surface area (Å²) in [4.78, 5) is 2.34. The fraction of sp³-hybridized carbons (Fsp3) is 0. The number of aromatic nitrogens is 1. The van der Waals surface area contributed by atoms with Crippen molar-refractivity contribution in [2.24, 2.45) is 0 Å². The Hall–Kier alpha value is -8.40. The van der Waals surface area contributed by atoms with Gasteiger partial charge in [-0.25, -0.2) is 0 Å². The molecular weight excluding hydrogens is 765 g/mol. The number of hydrogen-bond acceptors (Lipinski definition) is 2. The SMILES string of the molecule is c1ccc(-c2ccc(N(c3ccc(-c4ccc5oc6ccccc6c5c4)cc3)c3ccc(-c4ccc5c(c4)c4ccccc4n5-c4ccc(-c5ccccc5)cc4)cc3)cc2)cc1. The summed E-state index contributed by atoms with van der Waals surface area (Å²) in [6, 6.07) is 87.1. The monoisotopic (exact) mass is 804 g/mol. The Kier molecular flexibility index (Phi) is 8.83. The van der Waals surface area contributed by atoms with Crippen LogP contribution in [0.25, 0.3) is 93.9 Å². The minimum Gasteiger partial charge on any atom is -0.456 e. The fourth-order valence-corrected chi connectivity index (χ4v) is 9.26. The Labute approximate surface area is 366 Å². The van der Waals surface area contributed by atoms with E-state index in [1.807, 2.05) is 12.1 Å². The van der Waals surface area contributed by atoms with Crippen LogP contribution in [0.2, 0.25) is 0 Å².